The molecule has 0 aliphatic rings. The number of nitrogens with zero attached hydrogens (tertiary/aromatic N) is 1. The molecule has 1 aromatic rings. The van der Waals surface area contributed by atoms with E-state index in [1.807, 2.05) is 0 Å². The summed E-state index contributed by atoms with van der Waals surface area (Å²) in [7, 11) is 0. The van der Waals surface area contributed by atoms with Gasteiger partial charge in [0, 0.05) is 11.8 Å². The summed E-state index contributed by atoms with van der Waals surface area (Å²) >= 11 is 0. The zero-order chi connectivity index (χ0) is 9.14. The van der Waals surface area contributed by atoms with Gasteiger partial charge in [-0.25, -0.2) is 9.78 Å². The highest BCUT2D eigenvalue weighted by Gasteiger charge is 2.15. The molecule has 0 aromatic carbocycles. The summed E-state index contributed by atoms with van der Waals surface area (Å²) in [5, 5.41) is 8.44. The fraction of sp³-hybridized carbons (Fsp3) is 0. The lowest BCUT2D eigenvalue weighted by Crippen LogP contribution is -2.06. The van der Waals surface area contributed by atoms with Gasteiger partial charge in [-0.2, -0.15) is 4.39 Å². The van der Waals surface area contributed by atoms with Crippen molar-refractivity contribution < 1.29 is 19.1 Å². The Morgan fingerprint density at radius 1 is 1.67 bits per heavy atom. The van der Waals surface area contributed by atoms with Gasteiger partial charge >= 0.3 is 5.97 Å². The number of aromatic carboxylic acids is 1. The Labute approximate surface area is 66.7 Å². The highest BCUT2D eigenvalue weighted by Crippen LogP contribution is 2.08. The highest BCUT2D eigenvalue weighted by molar-refractivity contribution is 5.96. The molecule has 4 nitrogen and oxygen atoms in total. The minimum atomic E-state index is -1.50. The largest absolute Gasteiger partial charge is 0.478 e. The minimum absolute atomic E-state index is 0.213. The molecule has 1 aromatic heterocycles. The lowest BCUT2D eigenvalue weighted by molar-refractivity contribution is 0.0687. The number of pyridine rings is 1. The third-order valence-corrected chi connectivity index (χ3v) is 1.28. The van der Waals surface area contributed by atoms with Crippen molar-refractivity contribution in [3.05, 3.63) is 29.3 Å². The molecule has 0 bridgehead atoms. The molecule has 0 amide bonds. The van der Waals surface area contributed by atoms with Crippen molar-refractivity contribution in [1.29, 1.82) is 0 Å². The second-order valence-corrected chi connectivity index (χ2v) is 1.99. The minimum Gasteiger partial charge on any atom is -0.478 e. The molecule has 0 aliphatic heterocycles. The van der Waals surface area contributed by atoms with Crippen LogP contribution in [0.3, 0.4) is 0 Å². The standard InChI is InChI=1S/C7H4FNO3/c8-6-5(7(11)12)4(3-10)1-2-9-6/h1-3H,(H,11,12). The van der Waals surface area contributed by atoms with E-state index in [0.29, 0.717) is 0 Å². The summed E-state index contributed by atoms with van der Waals surface area (Å²) in [6, 6.07) is 1.14. The predicted octanol–water partition coefficient (Wildman–Crippen LogP) is 0.731. The lowest BCUT2D eigenvalue weighted by Gasteiger charge is -1.97. The van der Waals surface area contributed by atoms with Crippen LogP contribution >= 0.6 is 0 Å². The Bertz CT molecular complexity index is 337. The molecular formula is C7H4FNO3. The maximum Gasteiger partial charge on any atom is 0.341 e. The Morgan fingerprint density at radius 3 is 2.75 bits per heavy atom. The first-order valence-electron chi connectivity index (χ1n) is 2.99. The zero-order valence-electron chi connectivity index (χ0n) is 5.82. The van der Waals surface area contributed by atoms with E-state index in [4.69, 9.17) is 5.11 Å². The molecule has 0 aliphatic carbocycles. The Kier molecular flexibility index (Phi) is 2.14. The number of carbonyl (C=O) groups excluding carboxylic acids is 1. The van der Waals surface area contributed by atoms with Gasteiger partial charge < -0.3 is 5.11 Å². The number of carboxylic acids is 1. The van der Waals surface area contributed by atoms with E-state index >= 15 is 0 Å². The van der Waals surface area contributed by atoms with E-state index < -0.39 is 17.5 Å². The number of rotatable bonds is 2. The van der Waals surface area contributed by atoms with E-state index in [1.54, 1.807) is 0 Å². The Morgan fingerprint density at radius 2 is 2.33 bits per heavy atom. The summed E-state index contributed by atoms with van der Waals surface area (Å²) < 4.78 is 12.6. The Hall–Kier alpha value is -1.78. The van der Waals surface area contributed by atoms with Gasteiger partial charge in [-0.1, -0.05) is 0 Å². The van der Waals surface area contributed by atoms with Crippen LogP contribution < -0.4 is 0 Å². The fourth-order valence-corrected chi connectivity index (χ4v) is 0.760. The third kappa shape index (κ3) is 1.29. The van der Waals surface area contributed by atoms with Gasteiger partial charge in [-0.05, 0) is 6.07 Å². The number of carbonyl (C=O) groups is 2. The van der Waals surface area contributed by atoms with Crippen molar-refractivity contribution in [2.24, 2.45) is 0 Å². The molecule has 0 atom stereocenters. The van der Waals surface area contributed by atoms with Crippen molar-refractivity contribution in [1.82, 2.24) is 4.98 Å². The van der Waals surface area contributed by atoms with Crippen LogP contribution in [0.1, 0.15) is 20.7 Å². The van der Waals surface area contributed by atoms with E-state index in [0.717, 1.165) is 12.3 Å². The molecule has 1 heterocycles. The monoisotopic (exact) mass is 169 g/mol. The average Bonchev–Trinajstić information content (AvgIpc) is 2.03. The van der Waals surface area contributed by atoms with E-state index in [9.17, 15) is 14.0 Å². The molecule has 1 rings (SSSR count). The molecule has 1 N–H and O–H groups in total. The van der Waals surface area contributed by atoms with Gasteiger partial charge in [0.05, 0.1) is 0 Å². The Balaban J connectivity index is 3.39. The van der Waals surface area contributed by atoms with E-state index in [2.05, 4.69) is 4.98 Å². The van der Waals surface area contributed by atoms with Crippen molar-refractivity contribution in [2.45, 2.75) is 0 Å². The molecule has 0 saturated carbocycles. The maximum atomic E-state index is 12.6. The SMILES string of the molecule is O=Cc1ccnc(F)c1C(=O)O. The van der Waals surface area contributed by atoms with Crippen LogP contribution in [0.2, 0.25) is 0 Å². The number of halogens is 1. The molecule has 12 heavy (non-hydrogen) atoms. The van der Waals surface area contributed by atoms with Crippen molar-refractivity contribution in [2.75, 3.05) is 0 Å². The first kappa shape index (κ1) is 8.32. The topological polar surface area (TPSA) is 67.3 Å². The molecule has 0 fully saturated rings. The molecular weight excluding hydrogens is 165 g/mol. The van der Waals surface area contributed by atoms with Gasteiger partial charge in [-0.15, -0.1) is 0 Å². The molecule has 0 radical (unpaired) electrons. The van der Waals surface area contributed by atoms with Crippen LogP contribution in [0.25, 0.3) is 0 Å². The van der Waals surface area contributed by atoms with Crippen LogP contribution in [0.15, 0.2) is 12.3 Å². The van der Waals surface area contributed by atoms with Crippen molar-refractivity contribution in [3.8, 4) is 0 Å². The number of aldehydes is 1. The summed E-state index contributed by atoms with van der Waals surface area (Å²) in [5.41, 5.74) is -0.900. The lowest BCUT2D eigenvalue weighted by atomic mass is 10.1. The number of aromatic nitrogens is 1. The zero-order valence-corrected chi connectivity index (χ0v) is 5.82. The maximum absolute atomic E-state index is 12.6. The number of carboxylic acid groups (broad SMARTS) is 1. The van der Waals surface area contributed by atoms with Gasteiger partial charge in [-0.3, -0.25) is 4.79 Å². The normalized spacial score (nSPS) is 9.42. The van der Waals surface area contributed by atoms with Gasteiger partial charge in [0.25, 0.3) is 0 Å². The molecule has 0 saturated heterocycles. The molecule has 0 unspecified atom stereocenters. The third-order valence-electron chi connectivity index (χ3n) is 1.28. The smallest absolute Gasteiger partial charge is 0.341 e. The molecule has 0 spiro atoms. The van der Waals surface area contributed by atoms with Gasteiger partial charge in [0.15, 0.2) is 6.29 Å². The van der Waals surface area contributed by atoms with Crippen molar-refractivity contribution in [3.63, 3.8) is 0 Å². The van der Waals surface area contributed by atoms with E-state index in [-0.39, 0.29) is 11.8 Å². The first-order valence-corrected chi connectivity index (χ1v) is 2.99. The van der Waals surface area contributed by atoms with Crippen LogP contribution in [-0.2, 0) is 0 Å². The highest BCUT2D eigenvalue weighted by atomic mass is 19.1. The summed E-state index contributed by atoms with van der Waals surface area (Å²) in [6.45, 7) is 0. The fourth-order valence-electron chi connectivity index (χ4n) is 0.760. The van der Waals surface area contributed by atoms with Gasteiger partial charge in [0.1, 0.15) is 5.56 Å². The number of hydrogen-bond acceptors (Lipinski definition) is 3. The van der Waals surface area contributed by atoms with Crippen LogP contribution in [0.5, 0.6) is 0 Å². The van der Waals surface area contributed by atoms with Crippen LogP contribution in [0, 0.1) is 5.95 Å². The summed E-state index contributed by atoms with van der Waals surface area (Å²) in [5.74, 6) is -2.64. The quantitative estimate of drug-likeness (QED) is 0.523. The van der Waals surface area contributed by atoms with Crippen LogP contribution in [-0.4, -0.2) is 22.3 Å². The second-order valence-electron chi connectivity index (χ2n) is 1.99. The van der Waals surface area contributed by atoms with E-state index in [1.165, 1.54) is 0 Å². The first-order chi connectivity index (χ1) is 5.66. The van der Waals surface area contributed by atoms with Crippen LogP contribution in [0.4, 0.5) is 4.39 Å². The van der Waals surface area contributed by atoms with Gasteiger partial charge in [0.2, 0.25) is 5.95 Å². The average molecular weight is 169 g/mol. The summed E-state index contributed by atoms with van der Waals surface area (Å²) in [4.78, 5) is 23.7. The predicted molar refractivity (Wildman–Crippen MR) is 36.5 cm³/mol. The number of hydrogen-bond donors (Lipinski definition) is 1. The molecule has 62 valence electrons. The summed E-state index contributed by atoms with van der Waals surface area (Å²) in [6.07, 6.45) is 1.31. The van der Waals surface area contributed by atoms with Crippen molar-refractivity contribution >= 4 is 12.3 Å². The second kappa shape index (κ2) is 3.08. The molecule has 5 heteroatoms.